The predicted molar refractivity (Wildman–Crippen MR) is 135 cm³/mol. The van der Waals surface area contributed by atoms with E-state index in [0.717, 1.165) is 26.8 Å². The predicted octanol–water partition coefficient (Wildman–Crippen LogP) is 2.28. The molecule has 1 saturated heterocycles. The number of H-pyrrole nitrogens is 1. The molecule has 1 aliphatic heterocycles. The second-order valence-electron chi connectivity index (χ2n) is 10.2. The van der Waals surface area contributed by atoms with E-state index < -0.39 is 41.8 Å². The van der Waals surface area contributed by atoms with Crippen LogP contribution >= 0.6 is 0 Å². The van der Waals surface area contributed by atoms with Crippen molar-refractivity contribution in [3.8, 4) is 0 Å². The zero-order chi connectivity index (χ0) is 26.5. The van der Waals surface area contributed by atoms with Crippen molar-refractivity contribution in [2.75, 3.05) is 6.54 Å². The number of hydrogen-bond acceptors (Lipinski definition) is 5. The van der Waals surface area contributed by atoms with Crippen molar-refractivity contribution in [1.29, 1.82) is 0 Å². The summed E-state index contributed by atoms with van der Waals surface area (Å²) in [5.41, 5.74) is 2.53. The molecule has 5 rings (SSSR count). The van der Waals surface area contributed by atoms with Gasteiger partial charge < -0.3 is 15.2 Å². The minimum Gasteiger partial charge on any atom is -0.387 e. The van der Waals surface area contributed by atoms with Gasteiger partial charge in [0.15, 0.2) is 12.4 Å². The molecular weight excluding hydrogens is 477 g/mol. The van der Waals surface area contributed by atoms with Crippen LogP contribution in [0.25, 0.3) is 0 Å². The van der Waals surface area contributed by atoms with Gasteiger partial charge in [0, 0.05) is 23.7 Å². The van der Waals surface area contributed by atoms with Crippen molar-refractivity contribution < 1.29 is 19.0 Å². The summed E-state index contributed by atoms with van der Waals surface area (Å²) in [6.45, 7) is 5.84. The van der Waals surface area contributed by atoms with Crippen molar-refractivity contribution in [3.05, 3.63) is 103 Å². The Balaban J connectivity index is 1.39. The molecule has 0 unspecified atom stereocenters. The van der Waals surface area contributed by atoms with E-state index in [0.29, 0.717) is 12.0 Å². The van der Waals surface area contributed by atoms with E-state index in [-0.39, 0.29) is 17.9 Å². The van der Waals surface area contributed by atoms with Gasteiger partial charge in [-0.1, -0.05) is 69.3 Å². The average molecular weight is 508 g/mol. The SMILES string of the molecule is CCc1cn([C@@H]2O[C@H](CNC(=O)C3c4ccccc4C(C)(C)c4ccccc43)[C@@H](O)[C@@H]2F)c(=O)[nH]c1=O. The highest BCUT2D eigenvalue weighted by Gasteiger charge is 2.46. The second-order valence-corrected chi connectivity index (χ2v) is 10.2. The Labute approximate surface area is 213 Å². The molecule has 1 aliphatic carbocycles. The van der Waals surface area contributed by atoms with E-state index in [2.05, 4.69) is 24.1 Å². The number of alkyl halides is 1. The Bertz CT molecular complexity index is 1410. The average Bonchev–Trinajstić information content (AvgIpc) is 3.16. The van der Waals surface area contributed by atoms with E-state index >= 15 is 4.39 Å². The van der Waals surface area contributed by atoms with Crippen LogP contribution in [0.15, 0.2) is 64.3 Å². The summed E-state index contributed by atoms with van der Waals surface area (Å²) in [4.78, 5) is 39.9. The third kappa shape index (κ3) is 4.12. The first-order valence-electron chi connectivity index (χ1n) is 12.4. The molecule has 9 heteroatoms. The largest absolute Gasteiger partial charge is 0.387 e. The maximum absolute atomic E-state index is 15.1. The van der Waals surface area contributed by atoms with Crippen LogP contribution in [0.5, 0.6) is 0 Å². The number of aromatic amines is 1. The number of carbonyl (C=O) groups excluding carboxylic acids is 1. The molecule has 8 nitrogen and oxygen atoms in total. The van der Waals surface area contributed by atoms with Crippen LogP contribution in [-0.2, 0) is 21.4 Å². The first-order valence-corrected chi connectivity index (χ1v) is 12.4. The lowest BCUT2D eigenvalue weighted by Crippen LogP contribution is -2.42. The molecule has 3 N–H and O–H groups in total. The molecular formula is C28H30FN3O5. The van der Waals surface area contributed by atoms with Crippen LogP contribution < -0.4 is 16.6 Å². The third-order valence-electron chi connectivity index (χ3n) is 7.62. The molecule has 1 aromatic heterocycles. The molecule has 1 fully saturated rings. The van der Waals surface area contributed by atoms with Gasteiger partial charge in [-0.3, -0.25) is 19.1 Å². The maximum atomic E-state index is 15.1. The highest BCUT2D eigenvalue weighted by Crippen LogP contribution is 2.46. The number of hydrogen-bond donors (Lipinski definition) is 3. The number of aromatic nitrogens is 2. The van der Waals surface area contributed by atoms with Gasteiger partial charge >= 0.3 is 5.69 Å². The van der Waals surface area contributed by atoms with E-state index in [1.54, 1.807) is 6.92 Å². The smallest absolute Gasteiger partial charge is 0.330 e. The molecule has 0 bridgehead atoms. The number of benzene rings is 2. The number of carbonyl (C=O) groups is 1. The lowest BCUT2D eigenvalue weighted by atomic mass is 9.65. The highest BCUT2D eigenvalue weighted by atomic mass is 19.1. The topological polar surface area (TPSA) is 113 Å². The van der Waals surface area contributed by atoms with Gasteiger partial charge in [-0.15, -0.1) is 0 Å². The summed E-state index contributed by atoms with van der Waals surface area (Å²) in [5, 5.41) is 13.4. The van der Waals surface area contributed by atoms with E-state index in [9.17, 15) is 19.5 Å². The van der Waals surface area contributed by atoms with Crippen molar-refractivity contribution in [3.63, 3.8) is 0 Å². The lowest BCUT2D eigenvalue weighted by Gasteiger charge is -2.39. The first kappa shape index (κ1) is 25.1. The minimum atomic E-state index is -1.92. The molecule has 2 aliphatic rings. The molecule has 2 heterocycles. The van der Waals surface area contributed by atoms with Gasteiger partial charge in [0.25, 0.3) is 5.56 Å². The van der Waals surface area contributed by atoms with Gasteiger partial charge in [0.1, 0.15) is 12.2 Å². The maximum Gasteiger partial charge on any atom is 0.330 e. The fraction of sp³-hybridized carbons (Fsp3) is 0.393. The monoisotopic (exact) mass is 507 g/mol. The Morgan fingerprint density at radius 1 is 1.11 bits per heavy atom. The van der Waals surface area contributed by atoms with Crippen molar-refractivity contribution in [2.45, 2.75) is 63.1 Å². The molecule has 0 spiro atoms. The van der Waals surface area contributed by atoms with Gasteiger partial charge in [-0.05, 0) is 28.7 Å². The Hall–Kier alpha value is -3.56. The van der Waals surface area contributed by atoms with Crippen LogP contribution in [0.1, 0.15) is 60.7 Å². The zero-order valence-corrected chi connectivity index (χ0v) is 20.9. The number of nitrogens with zero attached hydrogens (tertiary/aromatic N) is 1. The number of aryl methyl sites for hydroxylation is 1. The van der Waals surface area contributed by atoms with Crippen molar-refractivity contribution >= 4 is 5.91 Å². The molecule has 1 amide bonds. The number of aliphatic hydroxyl groups excluding tert-OH is 1. The third-order valence-corrected chi connectivity index (χ3v) is 7.62. The summed E-state index contributed by atoms with van der Waals surface area (Å²) in [7, 11) is 0. The standard InChI is InChI=1S/C28H30FN3O5/c1-4-15-14-32(27(36)31-24(15)34)26-22(29)23(33)20(37-26)13-30-25(35)21-16-9-5-7-11-18(16)28(2,3)19-12-8-6-10-17(19)21/h5-12,14,20-23,26,33H,4,13H2,1-3H3,(H,30,35)(H,31,34,36)/t20-,22+,23-,26-/m1/s1. The molecule has 0 saturated carbocycles. The number of rotatable bonds is 5. The minimum absolute atomic E-state index is 0.153. The van der Waals surface area contributed by atoms with E-state index in [1.807, 2.05) is 48.5 Å². The van der Waals surface area contributed by atoms with Gasteiger partial charge in [-0.25, -0.2) is 9.18 Å². The fourth-order valence-corrected chi connectivity index (χ4v) is 5.60. The molecule has 3 aromatic rings. The number of aliphatic hydroxyl groups is 1. The summed E-state index contributed by atoms with van der Waals surface area (Å²) < 4.78 is 21.7. The molecule has 37 heavy (non-hydrogen) atoms. The fourth-order valence-electron chi connectivity index (χ4n) is 5.60. The van der Waals surface area contributed by atoms with Crippen LogP contribution in [0.2, 0.25) is 0 Å². The molecule has 4 atom stereocenters. The molecule has 2 aromatic carbocycles. The Morgan fingerprint density at radius 2 is 1.70 bits per heavy atom. The molecule has 194 valence electrons. The number of ether oxygens (including phenoxy) is 1. The van der Waals surface area contributed by atoms with Gasteiger partial charge in [0.05, 0.1) is 5.92 Å². The van der Waals surface area contributed by atoms with Crippen molar-refractivity contribution in [1.82, 2.24) is 14.9 Å². The summed E-state index contributed by atoms with van der Waals surface area (Å²) >= 11 is 0. The van der Waals surface area contributed by atoms with Crippen LogP contribution in [0.4, 0.5) is 4.39 Å². The van der Waals surface area contributed by atoms with Crippen LogP contribution in [-0.4, -0.2) is 45.5 Å². The summed E-state index contributed by atoms with van der Waals surface area (Å²) in [6.07, 6.45) is -4.42. The van der Waals surface area contributed by atoms with E-state index in [4.69, 9.17) is 4.74 Å². The zero-order valence-electron chi connectivity index (χ0n) is 20.9. The highest BCUT2D eigenvalue weighted by molar-refractivity contribution is 5.89. The quantitative estimate of drug-likeness (QED) is 0.491. The Kier molecular flexibility index (Phi) is 6.37. The number of fused-ring (bicyclic) bond motifs is 2. The number of halogens is 1. The van der Waals surface area contributed by atoms with Gasteiger partial charge in [-0.2, -0.15) is 0 Å². The van der Waals surface area contributed by atoms with E-state index in [1.165, 1.54) is 6.20 Å². The lowest BCUT2D eigenvalue weighted by molar-refractivity contribution is -0.122. The van der Waals surface area contributed by atoms with Crippen molar-refractivity contribution in [2.24, 2.45) is 0 Å². The molecule has 0 radical (unpaired) electrons. The second kappa shape index (κ2) is 9.39. The number of amides is 1. The number of nitrogens with one attached hydrogen (secondary N) is 2. The van der Waals surface area contributed by atoms with Crippen LogP contribution in [0, 0.1) is 0 Å². The Morgan fingerprint density at radius 3 is 2.30 bits per heavy atom. The first-order chi connectivity index (χ1) is 17.6. The normalized spacial score (nSPS) is 24.4. The van der Waals surface area contributed by atoms with Gasteiger partial charge in [0.2, 0.25) is 5.91 Å². The van der Waals surface area contributed by atoms with Crippen LogP contribution in [0.3, 0.4) is 0 Å². The summed E-state index contributed by atoms with van der Waals surface area (Å²) in [6, 6.07) is 15.7. The summed E-state index contributed by atoms with van der Waals surface area (Å²) in [5.74, 6) is -0.871.